The van der Waals surface area contributed by atoms with E-state index in [4.69, 9.17) is 5.11 Å². The Bertz CT molecular complexity index is 544. The second kappa shape index (κ2) is 5.48. The highest BCUT2D eigenvalue weighted by atomic mass is 16.6. The minimum atomic E-state index is -1.27. The van der Waals surface area contributed by atoms with Gasteiger partial charge in [0.25, 0.3) is 0 Å². The van der Waals surface area contributed by atoms with E-state index < -0.39 is 10.9 Å². The number of anilines is 1. The topological polar surface area (TPSA) is 83.7 Å². The number of nitrogens with zero attached hydrogens (tertiary/aromatic N) is 2. The number of piperidine rings is 1. The summed E-state index contributed by atoms with van der Waals surface area (Å²) in [6.45, 7) is 4.86. The maximum atomic E-state index is 11.3. The molecule has 0 spiro atoms. The van der Waals surface area contributed by atoms with Crippen molar-refractivity contribution in [3.63, 3.8) is 0 Å². The first-order valence-electron chi connectivity index (χ1n) is 6.70. The molecule has 2 atom stereocenters. The molecule has 0 radical (unpaired) electrons. The first kappa shape index (κ1) is 14.3. The van der Waals surface area contributed by atoms with Crippen LogP contribution in [0.5, 0.6) is 0 Å². The zero-order valence-electron chi connectivity index (χ0n) is 11.6. The van der Waals surface area contributed by atoms with Crippen LogP contribution in [-0.2, 0) is 0 Å². The number of carboxylic acids is 1. The molecule has 1 saturated heterocycles. The Hall–Kier alpha value is -2.11. The average Bonchev–Trinajstić information content (AvgIpc) is 2.40. The largest absolute Gasteiger partial charge is 0.477 e. The van der Waals surface area contributed by atoms with Gasteiger partial charge in [-0.3, -0.25) is 10.1 Å². The highest BCUT2D eigenvalue weighted by molar-refractivity contribution is 5.95. The number of para-hydroxylation sites is 1. The fourth-order valence-corrected chi connectivity index (χ4v) is 2.80. The molecule has 2 rings (SSSR count). The van der Waals surface area contributed by atoms with Crippen LogP contribution >= 0.6 is 0 Å². The maximum absolute atomic E-state index is 11.3. The van der Waals surface area contributed by atoms with Crippen molar-refractivity contribution in [1.29, 1.82) is 0 Å². The zero-order valence-corrected chi connectivity index (χ0v) is 11.6. The standard InChI is InChI=1S/C14H18N2O4/c1-9-5-4-8-15(10(9)2)12-7-3-6-11(14(17)18)13(12)16(19)20/h3,6-7,9-10H,4-5,8H2,1-2H3,(H,17,18). The molecule has 0 saturated carbocycles. The van der Waals surface area contributed by atoms with Crippen LogP contribution in [0.4, 0.5) is 11.4 Å². The van der Waals surface area contributed by atoms with Crippen molar-refractivity contribution in [2.75, 3.05) is 11.4 Å². The fourth-order valence-electron chi connectivity index (χ4n) is 2.80. The highest BCUT2D eigenvalue weighted by Gasteiger charge is 2.32. The average molecular weight is 278 g/mol. The Labute approximate surface area is 117 Å². The van der Waals surface area contributed by atoms with Crippen molar-refractivity contribution in [3.05, 3.63) is 33.9 Å². The molecule has 108 valence electrons. The predicted octanol–water partition coefficient (Wildman–Crippen LogP) is 2.92. The monoisotopic (exact) mass is 278 g/mol. The van der Waals surface area contributed by atoms with Crippen LogP contribution in [0.2, 0.25) is 0 Å². The second-order valence-electron chi connectivity index (χ2n) is 5.29. The number of hydrogen-bond donors (Lipinski definition) is 1. The molecule has 1 aromatic carbocycles. The first-order valence-corrected chi connectivity index (χ1v) is 6.70. The van der Waals surface area contributed by atoms with E-state index in [1.54, 1.807) is 12.1 Å². The van der Waals surface area contributed by atoms with Gasteiger partial charge < -0.3 is 10.0 Å². The van der Waals surface area contributed by atoms with Crippen LogP contribution in [0.25, 0.3) is 0 Å². The Kier molecular flexibility index (Phi) is 3.92. The number of nitro groups is 1. The maximum Gasteiger partial charge on any atom is 0.342 e. The Morgan fingerprint density at radius 3 is 2.75 bits per heavy atom. The van der Waals surface area contributed by atoms with Gasteiger partial charge in [-0.2, -0.15) is 0 Å². The van der Waals surface area contributed by atoms with E-state index in [1.807, 2.05) is 11.8 Å². The van der Waals surface area contributed by atoms with Gasteiger partial charge in [-0.25, -0.2) is 4.79 Å². The molecule has 1 aromatic rings. The third-order valence-corrected chi connectivity index (χ3v) is 4.11. The van der Waals surface area contributed by atoms with E-state index in [9.17, 15) is 14.9 Å². The zero-order chi connectivity index (χ0) is 14.9. The molecule has 6 nitrogen and oxygen atoms in total. The van der Waals surface area contributed by atoms with Crippen LogP contribution < -0.4 is 4.90 Å². The molecule has 1 fully saturated rings. The number of carbonyl (C=O) groups is 1. The van der Waals surface area contributed by atoms with Crippen LogP contribution in [0.15, 0.2) is 18.2 Å². The molecule has 20 heavy (non-hydrogen) atoms. The summed E-state index contributed by atoms with van der Waals surface area (Å²) in [5.41, 5.74) is -0.146. The Balaban J connectivity index is 2.53. The normalized spacial score (nSPS) is 22.6. The van der Waals surface area contributed by atoms with Crippen molar-refractivity contribution in [2.45, 2.75) is 32.7 Å². The molecule has 6 heteroatoms. The van der Waals surface area contributed by atoms with E-state index in [-0.39, 0.29) is 17.3 Å². The van der Waals surface area contributed by atoms with Crippen molar-refractivity contribution in [3.8, 4) is 0 Å². The minimum absolute atomic E-state index is 0.159. The van der Waals surface area contributed by atoms with Gasteiger partial charge >= 0.3 is 11.7 Å². The van der Waals surface area contributed by atoms with Gasteiger partial charge in [-0.05, 0) is 37.8 Å². The van der Waals surface area contributed by atoms with E-state index in [0.717, 1.165) is 19.4 Å². The van der Waals surface area contributed by atoms with Gasteiger partial charge in [0, 0.05) is 12.6 Å². The molecule has 1 aliphatic rings. The lowest BCUT2D eigenvalue weighted by Gasteiger charge is -2.39. The summed E-state index contributed by atoms with van der Waals surface area (Å²) in [6.07, 6.45) is 2.05. The van der Waals surface area contributed by atoms with Gasteiger partial charge in [0.1, 0.15) is 11.3 Å². The van der Waals surface area contributed by atoms with Crippen molar-refractivity contribution in [1.82, 2.24) is 0 Å². The molecule has 0 bridgehead atoms. The third kappa shape index (κ3) is 2.45. The molecule has 2 unspecified atom stereocenters. The summed E-state index contributed by atoms with van der Waals surface area (Å²) in [6, 6.07) is 4.64. The molecule has 0 aromatic heterocycles. The quantitative estimate of drug-likeness (QED) is 0.679. The lowest BCUT2D eigenvalue weighted by atomic mass is 9.91. The Morgan fingerprint density at radius 2 is 2.15 bits per heavy atom. The minimum Gasteiger partial charge on any atom is -0.477 e. The molecule has 1 N–H and O–H groups in total. The smallest absolute Gasteiger partial charge is 0.342 e. The predicted molar refractivity (Wildman–Crippen MR) is 75.3 cm³/mol. The number of nitro benzene ring substituents is 1. The third-order valence-electron chi connectivity index (χ3n) is 4.11. The summed E-state index contributed by atoms with van der Waals surface area (Å²) in [7, 11) is 0. The molecule has 1 aliphatic heterocycles. The van der Waals surface area contributed by atoms with Crippen LogP contribution in [0.3, 0.4) is 0 Å². The Morgan fingerprint density at radius 1 is 1.45 bits per heavy atom. The summed E-state index contributed by atoms with van der Waals surface area (Å²) in [5.74, 6) is -0.840. The molecular formula is C14H18N2O4. The van der Waals surface area contributed by atoms with Gasteiger partial charge in [0.2, 0.25) is 0 Å². The van der Waals surface area contributed by atoms with Crippen LogP contribution in [0.1, 0.15) is 37.0 Å². The number of aromatic carboxylic acids is 1. The van der Waals surface area contributed by atoms with Crippen molar-refractivity contribution >= 4 is 17.3 Å². The van der Waals surface area contributed by atoms with Gasteiger partial charge in [0.05, 0.1) is 4.92 Å². The highest BCUT2D eigenvalue weighted by Crippen LogP contribution is 2.36. The van der Waals surface area contributed by atoms with Gasteiger partial charge in [0.15, 0.2) is 0 Å². The number of hydrogen-bond acceptors (Lipinski definition) is 4. The fraction of sp³-hybridized carbons (Fsp3) is 0.500. The number of carboxylic acid groups (broad SMARTS) is 1. The van der Waals surface area contributed by atoms with E-state index in [2.05, 4.69) is 6.92 Å². The van der Waals surface area contributed by atoms with Crippen molar-refractivity contribution in [2.24, 2.45) is 5.92 Å². The number of rotatable bonds is 3. The summed E-state index contributed by atoms with van der Waals surface area (Å²) in [4.78, 5) is 23.8. The SMILES string of the molecule is CC1CCCN(c2cccc(C(=O)O)c2[N+](=O)[O-])C1C. The molecule has 1 heterocycles. The van der Waals surface area contributed by atoms with Crippen molar-refractivity contribution < 1.29 is 14.8 Å². The second-order valence-corrected chi connectivity index (χ2v) is 5.29. The molecular weight excluding hydrogens is 260 g/mol. The summed E-state index contributed by atoms with van der Waals surface area (Å²) >= 11 is 0. The molecule has 0 aliphatic carbocycles. The summed E-state index contributed by atoms with van der Waals surface area (Å²) < 4.78 is 0. The lowest BCUT2D eigenvalue weighted by molar-refractivity contribution is -0.384. The number of benzene rings is 1. The van der Waals surface area contributed by atoms with E-state index in [0.29, 0.717) is 11.6 Å². The van der Waals surface area contributed by atoms with Gasteiger partial charge in [-0.1, -0.05) is 13.0 Å². The van der Waals surface area contributed by atoms with Crippen LogP contribution in [0, 0.1) is 16.0 Å². The lowest BCUT2D eigenvalue weighted by Crippen LogP contribution is -2.42. The van der Waals surface area contributed by atoms with Gasteiger partial charge in [-0.15, -0.1) is 0 Å². The summed E-state index contributed by atoms with van der Waals surface area (Å²) in [5, 5.41) is 20.4. The van der Waals surface area contributed by atoms with Crippen LogP contribution in [-0.4, -0.2) is 28.6 Å². The molecule has 0 amide bonds. The van der Waals surface area contributed by atoms with E-state index in [1.165, 1.54) is 6.07 Å². The first-order chi connectivity index (χ1) is 9.43. The van der Waals surface area contributed by atoms with E-state index >= 15 is 0 Å².